The molecule has 0 amide bonds. The van der Waals surface area contributed by atoms with E-state index in [4.69, 9.17) is 0 Å². The monoisotopic (exact) mass is 263 g/mol. The number of nitrogens with one attached hydrogen (secondary N) is 1. The van der Waals surface area contributed by atoms with E-state index in [1.165, 1.54) is 32.1 Å². The number of thiophene rings is 1. The third-order valence-corrected chi connectivity index (χ3v) is 6.00. The molecule has 100 valence electrons. The van der Waals surface area contributed by atoms with Crippen molar-refractivity contribution in [1.82, 2.24) is 5.32 Å². The van der Waals surface area contributed by atoms with Crippen molar-refractivity contribution in [2.45, 2.75) is 58.0 Å². The van der Waals surface area contributed by atoms with Crippen molar-refractivity contribution >= 4 is 11.3 Å². The molecule has 1 aromatic rings. The third kappa shape index (κ3) is 2.65. The molecule has 18 heavy (non-hydrogen) atoms. The SMILES string of the molecule is CC1CCCC(NC(c2cccs2)C2CC2)C1C. The van der Waals surface area contributed by atoms with Gasteiger partial charge in [0.25, 0.3) is 0 Å². The van der Waals surface area contributed by atoms with Crippen LogP contribution >= 0.6 is 11.3 Å². The first kappa shape index (κ1) is 12.7. The Morgan fingerprint density at radius 1 is 1.22 bits per heavy atom. The van der Waals surface area contributed by atoms with Gasteiger partial charge in [-0.05, 0) is 48.5 Å². The van der Waals surface area contributed by atoms with E-state index in [1.807, 2.05) is 11.3 Å². The zero-order valence-corrected chi connectivity index (χ0v) is 12.4. The predicted octanol–water partition coefficient (Wildman–Crippen LogP) is 4.61. The lowest BCUT2D eigenvalue weighted by molar-refractivity contribution is 0.189. The normalized spacial score (nSPS) is 34.4. The van der Waals surface area contributed by atoms with E-state index < -0.39 is 0 Å². The second kappa shape index (κ2) is 5.34. The molecule has 1 heterocycles. The second-order valence-electron chi connectivity index (χ2n) is 6.37. The van der Waals surface area contributed by atoms with Crippen LogP contribution in [0.3, 0.4) is 0 Å². The molecule has 0 bridgehead atoms. The number of hydrogen-bond acceptors (Lipinski definition) is 2. The van der Waals surface area contributed by atoms with Crippen LogP contribution in [0.25, 0.3) is 0 Å². The second-order valence-corrected chi connectivity index (χ2v) is 7.35. The molecule has 0 radical (unpaired) electrons. The number of hydrogen-bond donors (Lipinski definition) is 1. The van der Waals surface area contributed by atoms with Gasteiger partial charge >= 0.3 is 0 Å². The van der Waals surface area contributed by atoms with Crippen molar-refractivity contribution in [1.29, 1.82) is 0 Å². The molecule has 1 aromatic heterocycles. The smallest absolute Gasteiger partial charge is 0.0445 e. The first-order valence-corrected chi connectivity index (χ1v) is 8.43. The molecule has 2 saturated carbocycles. The molecule has 0 spiro atoms. The van der Waals surface area contributed by atoms with Crippen molar-refractivity contribution in [3.63, 3.8) is 0 Å². The van der Waals surface area contributed by atoms with Gasteiger partial charge in [-0.25, -0.2) is 0 Å². The van der Waals surface area contributed by atoms with Gasteiger partial charge < -0.3 is 5.32 Å². The Hall–Kier alpha value is -0.340. The lowest BCUT2D eigenvalue weighted by Crippen LogP contribution is -2.42. The lowest BCUT2D eigenvalue weighted by Gasteiger charge is -2.37. The lowest BCUT2D eigenvalue weighted by atomic mass is 9.77. The standard InChI is InChI=1S/C16H25NS/c1-11-5-3-6-14(12(11)2)17-16(13-8-9-13)15-7-4-10-18-15/h4,7,10-14,16-17H,3,5-6,8-9H2,1-2H3. The fraction of sp³-hybridized carbons (Fsp3) is 0.750. The topological polar surface area (TPSA) is 12.0 Å². The molecule has 2 aliphatic carbocycles. The van der Waals surface area contributed by atoms with E-state index in [1.54, 1.807) is 4.88 Å². The van der Waals surface area contributed by atoms with Crippen LogP contribution in [0.1, 0.15) is 56.9 Å². The summed E-state index contributed by atoms with van der Waals surface area (Å²) in [5.74, 6) is 2.63. The van der Waals surface area contributed by atoms with E-state index in [2.05, 4.69) is 36.7 Å². The van der Waals surface area contributed by atoms with Gasteiger partial charge in [0.15, 0.2) is 0 Å². The first-order chi connectivity index (χ1) is 8.75. The largest absolute Gasteiger partial charge is 0.306 e. The summed E-state index contributed by atoms with van der Waals surface area (Å²) in [6.07, 6.45) is 7.05. The summed E-state index contributed by atoms with van der Waals surface area (Å²) in [4.78, 5) is 1.56. The molecular formula is C16H25NS. The zero-order chi connectivity index (χ0) is 12.5. The zero-order valence-electron chi connectivity index (χ0n) is 11.6. The van der Waals surface area contributed by atoms with Crippen molar-refractivity contribution in [2.24, 2.45) is 17.8 Å². The predicted molar refractivity (Wildman–Crippen MR) is 78.9 cm³/mol. The summed E-state index contributed by atoms with van der Waals surface area (Å²) in [6, 6.07) is 5.89. The van der Waals surface area contributed by atoms with Crippen LogP contribution < -0.4 is 5.32 Å². The van der Waals surface area contributed by atoms with Gasteiger partial charge in [0, 0.05) is 17.0 Å². The summed E-state index contributed by atoms with van der Waals surface area (Å²) in [7, 11) is 0. The van der Waals surface area contributed by atoms with Crippen LogP contribution in [0.5, 0.6) is 0 Å². The van der Waals surface area contributed by atoms with Crippen LogP contribution in [-0.2, 0) is 0 Å². The maximum atomic E-state index is 4.01. The molecule has 2 heteroatoms. The molecule has 2 aliphatic rings. The van der Waals surface area contributed by atoms with Gasteiger partial charge in [-0.3, -0.25) is 0 Å². The molecule has 4 unspecified atom stereocenters. The van der Waals surface area contributed by atoms with Crippen molar-refractivity contribution in [3.05, 3.63) is 22.4 Å². The Kier molecular flexibility index (Phi) is 3.76. The average Bonchev–Trinajstić information content (AvgIpc) is 3.06. The molecule has 1 nitrogen and oxygen atoms in total. The highest BCUT2D eigenvalue weighted by Crippen LogP contribution is 2.43. The molecule has 4 atom stereocenters. The Bertz CT molecular complexity index is 368. The van der Waals surface area contributed by atoms with E-state index >= 15 is 0 Å². The van der Waals surface area contributed by atoms with Crippen LogP contribution in [-0.4, -0.2) is 6.04 Å². The van der Waals surface area contributed by atoms with E-state index in [0.29, 0.717) is 6.04 Å². The average molecular weight is 263 g/mol. The van der Waals surface area contributed by atoms with Gasteiger partial charge in [-0.2, -0.15) is 0 Å². The van der Waals surface area contributed by atoms with E-state index in [-0.39, 0.29) is 0 Å². The van der Waals surface area contributed by atoms with Crippen LogP contribution in [0.2, 0.25) is 0 Å². The minimum absolute atomic E-state index is 0.641. The quantitative estimate of drug-likeness (QED) is 0.836. The van der Waals surface area contributed by atoms with Gasteiger partial charge in [0.05, 0.1) is 0 Å². The molecule has 3 rings (SSSR count). The highest BCUT2D eigenvalue weighted by atomic mass is 32.1. The summed E-state index contributed by atoms with van der Waals surface area (Å²) in [5, 5.41) is 6.23. The van der Waals surface area contributed by atoms with Crippen LogP contribution in [0.4, 0.5) is 0 Å². The highest BCUT2D eigenvalue weighted by molar-refractivity contribution is 7.10. The van der Waals surface area contributed by atoms with Gasteiger partial charge in [-0.15, -0.1) is 11.3 Å². The Morgan fingerprint density at radius 2 is 2.06 bits per heavy atom. The molecule has 2 fully saturated rings. The Labute approximate surface area is 115 Å². The molecular weight excluding hydrogens is 238 g/mol. The third-order valence-electron chi connectivity index (χ3n) is 5.04. The summed E-state index contributed by atoms with van der Waals surface area (Å²) in [6.45, 7) is 4.87. The van der Waals surface area contributed by atoms with Gasteiger partial charge in [0.1, 0.15) is 0 Å². The van der Waals surface area contributed by atoms with Gasteiger partial charge in [-0.1, -0.05) is 32.8 Å². The minimum atomic E-state index is 0.641. The van der Waals surface area contributed by atoms with Crippen molar-refractivity contribution < 1.29 is 0 Å². The van der Waals surface area contributed by atoms with Crippen molar-refractivity contribution in [3.8, 4) is 0 Å². The number of rotatable bonds is 4. The van der Waals surface area contributed by atoms with Crippen LogP contribution in [0.15, 0.2) is 17.5 Å². The van der Waals surface area contributed by atoms with Crippen LogP contribution in [0, 0.1) is 17.8 Å². The first-order valence-electron chi connectivity index (χ1n) is 7.55. The van der Waals surface area contributed by atoms with E-state index in [0.717, 1.165) is 23.8 Å². The van der Waals surface area contributed by atoms with Crippen molar-refractivity contribution in [2.75, 3.05) is 0 Å². The summed E-state index contributed by atoms with van der Waals surface area (Å²) >= 11 is 1.93. The van der Waals surface area contributed by atoms with Gasteiger partial charge in [0.2, 0.25) is 0 Å². The maximum Gasteiger partial charge on any atom is 0.0445 e. The van der Waals surface area contributed by atoms with E-state index in [9.17, 15) is 0 Å². The Balaban J connectivity index is 1.69. The molecule has 0 aromatic carbocycles. The fourth-order valence-electron chi connectivity index (χ4n) is 3.40. The molecule has 1 N–H and O–H groups in total. The minimum Gasteiger partial charge on any atom is -0.306 e. The summed E-state index contributed by atoms with van der Waals surface area (Å²) < 4.78 is 0. The highest BCUT2D eigenvalue weighted by Gasteiger charge is 2.36. The molecule has 0 saturated heterocycles. The molecule has 0 aliphatic heterocycles. The fourth-order valence-corrected chi connectivity index (χ4v) is 4.27. The summed E-state index contributed by atoms with van der Waals surface area (Å²) in [5.41, 5.74) is 0. The maximum absolute atomic E-state index is 4.01. The Morgan fingerprint density at radius 3 is 2.72 bits per heavy atom.